The van der Waals surface area contributed by atoms with Crippen LogP contribution in [0.2, 0.25) is 0 Å². The Labute approximate surface area is 152 Å². The van der Waals surface area contributed by atoms with E-state index in [0.717, 1.165) is 5.56 Å². The molecule has 3 N–H and O–H groups in total. The van der Waals surface area contributed by atoms with Crippen molar-refractivity contribution in [2.24, 2.45) is 11.1 Å². The molecule has 0 aliphatic heterocycles. The van der Waals surface area contributed by atoms with Gasteiger partial charge in [0.15, 0.2) is 9.84 Å². The van der Waals surface area contributed by atoms with Gasteiger partial charge in [-0.25, -0.2) is 8.42 Å². The van der Waals surface area contributed by atoms with Crippen molar-refractivity contribution in [2.45, 2.75) is 23.0 Å². The number of hydrogen-bond donors (Lipinski definition) is 2. The van der Waals surface area contributed by atoms with Gasteiger partial charge >= 0.3 is 5.97 Å². The fourth-order valence-electron chi connectivity index (χ4n) is 3.60. The fourth-order valence-corrected chi connectivity index (χ4v) is 5.99. The average Bonchev–Trinajstić information content (AvgIpc) is 3.34. The van der Waals surface area contributed by atoms with Crippen molar-refractivity contribution in [2.75, 3.05) is 13.7 Å². The molecule has 7 heteroatoms. The van der Waals surface area contributed by atoms with E-state index in [1.165, 1.54) is 19.2 Å². The van der Waals surface area contributed by atoms with E-state index in [-0.39, 0.29) is 11.4 Å². The predicted molar refractivity (Wildman–Crippen MR) is 97.0 cm³/mol. The van der Waals surface area contributed by atoms with Crippen molar-refractivity contribution in [3.63, 3.8) is 0 Å². The Kier molecular flexibility index (Phi) is 4.54. The molecule has 138 valence electrons. The Bertz CT molecular complexity index is 921. The number of sulfone groups is 1. The third-order valence-corrected chi connectivity index (χ3v) is 7.44. The summed E-state index contributed by atoms with van der Waals surface area (Å²) in [7, 11) is -2.33. The highest BCUT2D eigenvalue weighted by Gasteiger charge is 2.75. The van der Waals surface area contributed by atoms with E-state index < -0.39 is 32.4 Å². The van der Waals surface area contributed by atoms with Crippen LogP contribution in [0, 0.1) is 12.3 Å². The Balaban J connectivity index is 2.08. The maximum Gasteiger partial charge on any atom is 0.312 e. The summed E-state index contributed by atoms with van der Waals surface area (Å²) in [5.74, 6) is -1.29. The zero-order chi connectivity index (χ0) is 19.1. The van der Waals surface area contributed by atoms with Crippen molar-refractivity contribution in [3.05, 3.63) is 59.7 Å². The second kappa shape index (κ2) is 6.41. The highest BCUT2D eigenvalue weighted by Crippen LogP contribution is 2.63. The van der Waals surface area contributed by atoms with E-state index in [9.17, 15) is 18.3 Å². The van der Waals surface area contributed by atoms with Crippen LogP contribution in [0.25, 0.3) is 0 Å². The number of carboxylic acids is 1. The Morgan fingerprint density at radius 3 is 2.19 bits per heavy atom. The average molecular weight is 375 g/mol. The van der Waals surface area contributed by atoms with E-state index in [1.54, 1.807) is 36.4 Å². The summed E-state index contributed by atoms with van der Waals surface area (Å²) in [6, 6.07) is 13.2. The van der Waals surface area contributed by atoms with Gasteiger partial charge in [-0.3, -0.25) is 4.79 Å². The summed E-state index contributed by atoms with van der Waals surface area (Å²) >= 11 is 0. The van der Waals surface area contributed by atoms with Gasteiger partial charge in [0.1, 0.15) is 11.2 Å². The number of nitrogens with two attached hydrogens (primary N) is 1. The number of aliphatic carboxylic acids is 1. The molecule has 1 saturated carbocycles. The zero-order valence-electron chi connectivity index (χ0n) is 14.5. The number of carboxylic acid groups (broad SMARTS) is 1. The predicted octanol–water partition coefficient (Wildman–Crippen LogP) is 1.97. The quantitative estimate of drug-likeness (QED) is 0.799. The first kappa shape index (κ1) is 18.4. The fraction of sp³-hybridized carbons (Fsp3) is 0.316. The largest absolute Gasteiger partial charge is 0.497 e. The maximum absolute atomic E-state index is 13.1. The molecule has 1 aliphatic carbocycles. The second-order valence-electron chi connectivity index (χ2n) is 6.58. The summed E-state index contributed by atoms with van der Waals surface area (Å²) in [6.45, 7) is 1.60. The number of carbonyl (C=O) groups is 1. The molecule has 3 atom stereocenters. The summed E-state index contributed by atoms with van der Waals surface area (Å²) < 4.78 is 31.4. The molecule has 3 rings (SSSR count). The van der Waals surface area contributed by atoms with Gasteiger partial charge in [0.2, 0.25) is 0 Å². The molecule has 0 amide bonds. The lowest BCUT2D eigenvalue weighted by Gasteiger charge is -2.10. The number of ether oxygens (including phenoxy) is 1. The van der Waals surface area contributed by atoms with Gasteiger partial charge in [-0.1, -0.05) is 29.8 Å². The molecule has 0 unspecified atom stereocenters. The van der Waals surface area contributed by atoms with Gasteiger partial charge in [0, 0.05) is 12.5 Å². The number of methoxy groups -OCH3 is 1. The molecular formula is C19H21NO5S. The molecule has 2 aromatic carbocycles. The molecule has 2 aromatic rings. The first-order chi connectivity index (χ1) is 12.3. The van der Waals surface area contributed by atoms with Crippen molar-refractivity contribution < 1.29 is 23.1 Å². The molecule has 0 bridgehead atoms. The molecule has 0 heterocycles. The third kappa shape index (κ3) is 2.68. The van der Waals surface area contributed by atoms with Crippen LogP contribution in [-0.2, 0) is 14.6 Å². The molecule has 1 fully saturated rings. The van der Waals surface area contributed by atoms with Crippen molar-refractivity contribution >= 4 is 15.8 Å². The monoisotopic (exact) mass is 375 g/mol. The van der Waals surface area contributed by atoms with Crippen LogP contribution in [0.4, 0.5) is 0 Å². The molecule has 1 aliphatic rings. The van der Waals surface area contributed by atoms with E-state index in [2.05, 4.69) is 0 Å². The van der Waals surface area contributed by atoms with Crippen LogP contribution >= 0.6 is 0 Å². The minimum atomic E-state index is -3.85. The first-order valence-corrected chi connectivity index (χ1v) is 9.71. The molecule has 0 spiro atoms. The van der Waals surface area contributed by atoms with E-state index >= 15 is 0 Å². The summed E-state index contributed by atoms with van der Waals surface area (Å²) in [4.78, 5) is 12.1. The van der Waals surface area contributed by atoms with Crippen LogP contribution in [0.15, 0.2) is 53.4 Å². The van der Waals surface area contributed by atoms with Gasteiger partial charge in [-0.05, 0) is 36.8 Å². The lowest BCUT2D eigenvalue weighted by Crippen LogP contribution is -2.31. The highest BCUT2D eigenvalue weighted by molar-refractivity contribution is 7.92. The van der Waals surface area contributed by atoms with Gasteiger partial charge in [-0.15, -0.1) is 0 Å². The van der Waals surface area contributed by atoms with Gasteiger partial charge in [0.05, 0.1) is 17.3 Å². The van der Waals surface area contributed by atoms with Gasteiger partial charge < -0.3 is 15.6 Å². The van der Waals surface area contributed by atoms with Crippen LogP contribution in [0.1, 0.15) is 17.0 Å². The van der Waals surface area contributed by atoms with Crippen molar-refractivity contribution in [3.8, 4) is 5.75 Å². The summed E-state index contributed by atoms with van der Waals surface area (Å²) in [6.07, 6.45) is 0. The minimum absolute atomic E-state index is 0.114. The Hall–Kier alpha value is -2.38. The molecule has 0 saturated heterocycles. The van der Waals surface area contributed by atoms with Crippen molar-refractivity contribution in [1.82, 2.24) is 0 Å². The topological polar surface area (TPSA) is 107 Å². The van der Waals surface area contributed by atoms with Crippen molar-refractivity contribution in [1.29, 1.82) is 0 Å². The normalized spacial score (nSPS) is 24.9. The van der Waals surface area contributed by atoms with Gasteiger partial charge in [0.25, 0.3) is 0 Å². The standard InChI is InChI=1S/C19H21NO5S/c1-12-3-9-15(10-4-12)26(23,24)17-16(19(17,11-20)18(21)22)13-5-7-14(25-2)8-6-13/h3-10,16-17H,11,20H2,1-2H3,(H,21,22)/t16-,17+,19-/m1/s1. The zero-order valence-corrected chi connectivity index (χ0v) is 15.4. The minimum Gasteiger partial charge on any atom is -0.497 e. The smallest absolute Gasteiger partial charge is 0.312 e. The lowest BCUT2D eigenvalue weighted by atomic mass is 9.99. The molecule has 6 nitrogen and oxygen atoms in total. The number of aryl methyl sites for hydroxylation is 1. The van der Waals surface area contributed by atoms with Crippen LogP contribution in [-0.4, -0.2) is 38.4 Å². The SMILES string of the molecule is COc1ccc([C@@H]2[C@H](S(=O)(=O)c3ccc(C)cc3)[C@]2(CN)C(=O)O)cc1. The van der Waals surface area contributed by atoms with Gasteiger partial charge in [-0.2, -0.15) is 0 Å². The molecular weight excluding hydrogens is 354 g/mol. The van der Waals surface area contributed by atoms with E-state index in [1.807, 2.05) is 6.92 Å². The number of rotatable bonds is 6. The maximum atomic E-state index is 13.1. The number of hydrogen-bond acceptors (Lipinski definition) is 5. The van der Waals surface area contributed by atoms with Crippen LogP contribution < -0.4 is 10.5 Å². The molecule has 0 radical (unpaired) electrons. The lowest BCUT2D eigenvalue weighted by molar-refractivity contribution is -0.143. The summed E-state index contributed by atoms with van der Waals surface area (Å²) in [5.41, 5.74) is 5.79. The Morgan fingerprint density at radius 2 is 1.73 bits per heavy atom. The molecule has 26 heavy (non-hydrogen) atoms. The first-order valence-electron chi connectivity index (χ1n) is 8.17. The van der Waals surface area contributed by atoms with E-state index in [0.29, 0.717) is 11.3 Å². The molecule has 0 aromatic heterocycles. The summed E-state index contributed by atoms with van der Waals surface area (Å²) in [5, 5.41) is 8.69. The Morgan fingerprint density at radius 1 is 1.15 bits per heavy atom. The second-order valence-corrected chi connectivity index (χ2v) is 8.65. The van der Waals surface area contributed by atoms with E-state index in [4.69, 9.17) is 10.5 Å². The number of benzene rings is 2. The third-order valence-electron chi connectivity index (χ3n) is 5.15. The highest BCUT2D eigenvalue weighted by atomic mass is 32.2. The van der Waals surface area contributed by atoms with Crippen LogP contribution in [0.5, 0.6) is 5.75 Å². The van der Waals surface area contributed by atoms with Crippen LogP contribution in [0.3, 0.4) is 0 Å².